The number of hydrogen-bond acceptors (Lipinski definition) is 4. The third-order valence-corrected chi connectivity index (χ3v) is 3.07. The molecule has 0 aromatic heterocycles. The second-order valence-electron chi connectivity index (χ2n) is 5.07. The molecule has 2 amide bonds. The Hall–Kier alpha value is -3.15. The number of hydrogen-bond donors (Lipinski definition) is 2. The van der Waals surface area contributed by atoms with Crippen molar-refractivity contribution < 1.29 is 19.1 Å². The maximum Gasteiger partial charge on any atom is 0.303 e. The third-order valence-electron chi connectivity index (χ3n) is 3.07. The molecular weight excluding hydrogens is 308 g/mol. The Morgan fingerprint density at radius 2 is 1.38 bits per heavy atom. The van der Waals surface area contributed by atoms with Gasteiger partial charge >= 0.3 is 5.97 Å². The van der Waals surface area contributed by atoms with E-state index in [1.165, 1.54) is 6.92 Å². The molecule has 0 saturated heterocycles. The number of carbonyl (C=O) groups is 3. The Morgan fingerprint density at radius 3 is 1.88 bits per heavy atom. The van der Waals surface area contributed by atoms with E-state index in [0.29, 0.717) is 11.4 Å². The van der Waals surface area contributed by atoms with Crippen LogP contribution in [0.5, 0.6) is 0 Å². The normalized spacial score (nSPS) is 11.2. The van der Waals surface area contributed by atoms with E-state index in [-0.39, 0.29) is 6.42 Å². The molecule has 6 nitrogen and oxygen atoms in total. The molecule has 2 rings (SSSR count). The fraction of sp³-hybridized carbons (Fsp3) is 0.167. The minimum absolute atomic E-state index is 0.271. The number of benzene rings is 2. The Balaban J connectivity index is 2.00. The molecular formula is C18H18N2O4. The van der Waals surface area contributed by atoms with Crippen LogP contribution >= 0.6 is 0 Å². The van der Waals surface area contributed by atoms with Crippen molar-refractivity contribution in [2.45, 2.75) is 19.4 Å². The number of para-hydroxylation sites is 2. The molecule has 0 radical (unpaired) electrons. The molecule has 0 saturated carbocycles. The molecule has 6 heteroatoms. The molecule has 2 N–H and O–H groups in total. The van der Waals surface area contributed by atoms with E-state index >= 15 is 0 Å². The second kappa shape index (κ2) is 8.47. The Labute approximate surface area is 139 Å². The number of ether oxygens (including phenoxy) is 1. The quantitative estimate of drug-likeness (QED) is 0.799. The first-order valence-electron chi connectivity index (χ1n) is 7.42. The van der Waals surface area contributed by atoms with Gasteiger partial charge in [0.05, 0.1) is 6.42 Å². The first-order valence-corrected chi connectivity index (χ1v) is 7.42. The molecule has 0 aliphatic heterocycles. The highest BCUT2D eigenvalue weighted by atomic mass is 16.5. The van der Waals surface area contributed by atoms with Crippen molar-refractivity contribution in [3.8, 4) is 0 Å². The summed E-state index contributed by atoms with van der Waals surface area (Å²) >= 11 is 0. The monoisotopic (exact) mass is 326 g/mol. The van der Waals surface area contributed by atoms with Gasteiger partial charge in [-0.25, -0.2) is 0 Å². The summed E-state index contributed by atoms with van der Waals surface area (Å²) in [5.74, 6) is -1.61. The van der Waals surface area contributed by atoms with Gasteiger partial charge in [-0.2, -0.15) is 0 Å². The summed E-state index contributed by atoms with van der Waals surface area (Å²) < 4.78 is 4.98. The topological polar surface area (TPSA) is 84.5 Å². The van der Waals surface area contributed by atoms with Crippen molar-refractivity contribution >= 4 is 29.2 Å². The second-order valence-corrected chi connectivity index (χ2v) is 5.07. The summed E-state index contributed by atoms with van der Waals surface area (Å²) in [6, 6.07) is 17.6. The Kier molecular flexibility index (Phi) is 6.08. The molecule has 0 heterocycles. The maximum atomic E-state index is 12.3. The molecule has 0 fully saturated rings. The summed E-state index contributed by atoms with van der Waals surface area (Å²) in [6.45, 7) is 1.19. The van der Waals surface area contributed by atoms with Gasteiger partial charge < -0.3 is 15.4 Å². The van der Waals surface area contributed by atoms with Gasteiger partial charge in [-0.1, -0.05) is 36.4 Å². The lowest BCUT2D eigenvalue weighted by atomic mass is 10.2. The van der Waals surface area contributed by atoms with Gasteiger partial charge in [0.15, 0.2) is 6.10 Å². The standard InChI is InChI=1S/C18H18N2O4/c1-13(21)24-16(18(23)20-15-10-6-3-7-11-15)12-17(22)19-14-8-4-2-5-9-14/h2-11,16H,12H2,1H3,(H,19,22)(H,20,23)/t16-/m1/s1. The summed E-state index contributed by atoms with van der Waals surface area (Å²) in [5, 5.41) is 5.27. The van der Waals surface area contributed by atoms with E-state index in [0.717, 1.165) is 0 Å². The molecule has 2 aromatic carbocycles. The highest BCUT2D eigenvalue weighted by molar-refractivity contribution is 6.00. The number of nitrogens with one attached hydrogen (secondary N) is 2. The molecule has 2 aromatic rings. The van der Waals surface area contributed by atoms with Gasteiger partial charge in [-0.15, -0.1) is 0 Å². The van der Waals surface area contributed by atoms with E-state index in [9.17, 15) is 14.4 Å². The smallest absolute Gasteiger partial charge is 0.303 e. The molecule has 0 bridgehead atoms. The van der Waals surface area contributed by atoms with Gasteiger partial charge in [0.2, 0.25) is 5.91 Å². The van der Waals surface area contributed by atoms with Crippen LogP contribution in [0.25, 0.3) is 0 Å². The lowest BCUT2D eigenvalue weighted by Crippen LogP contribution is -2.35. The van der Waals surface area contributed by atoms with Crippen LogP contribution in [0.4, 0.5) is 11.4 Å². The van der Waals surface area contributed by atoms with E-state index in [1.807, 2.05) is 12.1 Å². The summed E-state index contributed by atoms with van der Waals surface area (Å²) in [4.78, 5) is 35.6. The van der Waals surface area contributed by atoms with Crippen molar-refractivity contribution in [1.29, 1.82) is 0 Å². The van der Waals surface area contributed by atoms with Crippen molar-refractivity contribution in [2.75, 3.05) is 10.6 Å². The van der Waals surface area contributed by atoms with Crippen LogP contribution in [0.15, 0.2) is 60.7 Å². The molecule has 1 atom stereocenters. The number of esters is 1. The number of carbonyl (C=O) groups excluding carboxylic acids is 3. The van der Waals surface area contributed by atoms with Gasteiger partial charge in [0, 0.05) is 18.3 Å². The van der Waals surface area contributed by atoms with Crippen molar-refractivity contribution in [3.05, 3.63) is 60.7 Å². The average Bonchev–Trinajstić information content (AvgIpc) is 2.55. The molecule has 0 aliphatic carbocycles. The van der Waals surface area contributed by atoms with Crippen LogP contribution in [0.1, 0.15) is 13.3 Å². The molecule has 0 spiro atoms. The van der Waals surface area contributed by atoms with Crippen LogP contribution in [-0.2, 0) is 19.1 Å². The van der Waals surface area contributed by atoms with E-state index in [1.54, 1.807) is 48.5 Å². The van der Waals surface area contributed by atoms with Gasteiger partial charge in [0.1, 0.15) is 0 Å². The van der Waals surface area contributed by atoms with Gasteiger partial charge in [-0.05, 0) is 24.3 Å². The van der Waals surface area contributed by atoms with Crippen LogP contribution in [0, 0.1) is 0 Å². The molecule has 0 aliphatic rings. The van der Waals surface area contributed by atoms with Crippen LogP contribution in [-0.4, -0.2) is 23.9 Å². The lowest BCUT2D eigenvalue weighted by molar-refractivity contribution is -0.153. The SMILES string of the molecule is CC(=O)O[C@H](CC(=O)Nc1ccccc1)C(=O)Nc1ccccc1. The van der Waals surface area contributed by atoms with Crippen LogP contribution in [0.3, 0.4) is 0 Å². The third kappa shape index (κ3) is 5.57. The van der Waals surface area contributed by atoms with E-state index in [4.69, 9.17) is 4.74 Å². The molecule has 0 unspecified atom stereocenters. The highest BCUT2D eigenvalue weighted by Crippen LogP contribution is 2.11. The predicted octanol–water partition coefficient (Wildman–Crippen LogP) is 2.59. The zero-order valence-corrected chi connectivity index (χ0v) is 13.2. The van der Waals surface area contributed by atoms with Crippen LogP contribution in [0.2, 0.25) is 0 Å². The van der Waals surface area contributed by atoms with Crippen molar-refractivity contribution in [3.63, 3.8) is 0 Å². The average molecular weight is 326 g/mol. The number of rotatable bonds is 6. The summed E-state index contributed by atoms with van der Waals surface area (Å²) in [6.07, 6.45) is -1.47. The van der Waals surface area contributed by atoms with Crippen molar-refractivity contribution in [2.24, 2.45) is 0 Å². The lowest BCUT2D eigenvalue weighted by Gasteiger charge is -2.16. The minimum Gasteiger partial charge on any atom is -0.452 e. The Morgan fingerprint density at radius 1 is 0.875 bits per heavy atom. The maximum absolute atomic E-state index is 12.3. The predicted molar refractivity (Wildman–Crippen MR) is 90.3 cm³/mol. The van der Waals surface area contributed by atoms with Crippen LogP contribution < -0.4 is 10.6 Å². The molecule has 24 heavy (non-hydrogen) atoms. The van der Waals surface area contributed by atoms with E-state index in [2.05, 4.69) is 10.6 Å². The highest BCUT2D eigenvalue weighted by Gasteiger charge is 2.25. The number of anilines is 2. The summed E-state index contributed by atoms with van der Waals surface area (Å²) in [7, 11) is 0. The minimum atomic E-state index is -1.20. The summed E-state index contributed by atoms with van der Waals surface area (Å²) in [5.41, 5.74) is 1.16. The molecule has 124 valence electrons. The number of amides is 2. The zero-order valence-electron chi connectivity index (χ0n) is 13.2. The van der Waals surface area contributed by atoms with Gasteiger partial charge in [0.25, 0.3) is 5.91 Å². The zero-order chi connectivity index (χ0) is 17.4. The van der Waals surface area contributed by atoms with Crippen molar-refractivity contribution in [1.82, 2.24) is 0 Å². The first kappa shape index (κ1) is 17.2. The Bertz CT molecular complexity index is 701. The van der Waals surface area contributed by atoms with Gasteiger partial charge in [-0.3, -0.25) is 14.4 Å². The first-order chi connectivity index (χ1) is 11.5. The van der Waals surface area contributed by atoms with E-state index < -0.39 is 23.9 Å². The fourth-order valence-electron chi connectivity index (χ4n) is 2.03. The largest absolute Gasteiger partial charge is 0.452 e. The fourth-order valence-corrected chi connectivity index (χ4v) is 2.03.